The van der Waals surface area contributed by atoms with Crippen LogP contribution < -0.4 is 0 Å². The number of Topliss-reactive ketones (excluding diaryl/α,β-unsaturated/α-hetero) is 1. The molecule has 1 saturated carbocycles. The van der Waals surface area contributed by atoms with Gasteiger partial charge in [0.2, 0.25) is 0 Å². The Kier molecular flexibility index (Phi) is 5.41. The summed E-state index contributed by atoms with van der Waals surface area (Å²) in [5.74, 6) is 0.720. The Labute approximate surface area is 120 Å². The Bertz CT molecular complexity index is 409. The van der Waals surface area contributed by atoms with Gasteiger partial charge in [-0.3, -0.25) is 9.69 Å². The van der Waals surface area contributed by atoms with Crippen molar-refractivity contribution in [3.8, 4) is 0 Å². The minimum Gasteiger partial charge on any atom is -0.298 e. The number of benzene rings is 1. The fraction of sp³-hybridized carbons (Fsp3) is 0.562. The molecule has 104 valence electrons. The van der Waals surface area contributed by atoms with Gasteiger partial charge < -0.3 is 0 Å². The highest BCUT2D eigenvalue weighted by atomic mass is 35.5. The fourth-order valence-electron chi connectivity index (χ4n) is 2.78. The Balaban J connectivity index is 1.81. The third-order valence-electron chi connectivity index (χ3n) is 3.85. The highest BCUT2D eigenvalue weighted by molar-refractivity contribution is 6.30. The van der Waals surface area contributed by atoms with E-state index in [1.54, 1.807) is 0 Å². The molecular weight excluding hydrogens is 258 g/mol. The molecule has 1 aromatic carbocycles. The number of nitrogens with zero attached hydrogens (tertiary/aromatic N) is 1. The van der Waals surface area contributed by atoms with E-state index in [2.05, 4.69) is 4.90 Å². The number of rotatable bonds is 5. The minimum absolute atomic E-state index is 0.307. The number of carbonyl (C=O) groups excluding carboxylic acids is 1. The average Bonchev–Trinajstić information content (AvgIpc) is 2.42. The summed E-state index contributed by atoms with van der Waals surface area (Å²) < 4.78 is 0. The van der Waals surface area contributed by atoms with E-state index in [1.165, 1.54) is 24.8 Å². The van der Waals surface area contributed by atoms with E-state index < -0.39 is 0 Å². The van der Waals surface area contributed by atoms with Gasteiger partial charge in [-0.05, 0) is 37.6 Å². The number of carbonyl (C=O) groups is 1. The highest BCUT2D eigenvalue weighted by Gasteiger charge is 2.21. The lowest BCUT2D eigenvalue weighted by Crippen LogP contribution is -2.31. The molecule has 0 bridgehead atoms. The molecular formula is C16H22ClNO. The van der Waals surface area contributed by atoms with Gasteiger partial charge in [0.15, 0.2) is 0 Å². The van der Waals surface area contributed by atoms with E-state index in [0.29, 0.717) is 18.2 Å². The Morgan fingerprint density at radius 2 is 1.84 bits per heavy atom. The molecule has 1 fully saturated rings. The second-order valence-electron chi connectivity index (χ2n) is 5.60. The van der Waals surface area contributed by atoms with Crippen LogP contribution in [0.15, 0.2) is 24.3 Å². The summed E-state index contributed by atoms with van der Waals surface area (Å²) in [5, 5.41) is 0.754. The number of hydrogen-bond acceptors (Lipinski definition) is 2. The Morgan fingerprint density at radius 1 is 1.21 bits per heavy atom. The second kappa shape index (κ2) is 7.06. The lowest BCUT2D eigenvalue weighted by molar-refractivity contribution is -0.124. The van der Waals surface area contributed by atoms with Crippen molar-refractivity contribution in [1.29, 1.82) is 0 Å². The quantitative estimate of drug-likeness (QED) is 0.814. The first-order valence-electron chi connectivity index (χ1n) is 7.11. The van der Waals surface area contributed by atoms with Gasteiger partial charge in [0.05, 0.1) is 6.54 Å². The Hall–Kier alpha value is -0.860. The maximum Gasteiger partial charge on any atom is 0.149 e. The van der Waals surface area contributed by atoms with Crippen molar-refractivity contribution in [3.63, 3.8) is 0 Å². The predicted octanol–water partition coefficient (Wildman–Crippen LogP) is 3.92. The molecule has 19 heavy (non-hydrogen) atoms. The highest BCUT2D eigenvalue weighted by Crippen LogP contribution is 2.24. The maximum absolute atomic E-state index is 12.2. The van der Waals surface area contributed by atoms with Gasteiger partial charge in [0, 0.05) is 17.5 Å². The smallest absolute Gasteiger partial charge is 0.149 e. The van der Waals surface area contributed by atoms with Gasteiger partial charge in [-0.1, -0.05) is 43.0 Å². The monoisotopic (exact) mass is 279 g/mol. The molecule has 0 N–H and O–H groups in total. The van der Waals surface area contributed by atoms with Crippen LogP contribution in [-0.2, 0) is 11.3 Å². The van der Waals surface area contributed by atoms with E-state index in [0.717, 1.165) is 24.4 Å². The van der Waals surface area contributed by atoms with Crippen LogP contribution in [0.25, 0.3) is 0 Å². The third kappa shape index (κ3) is 4.63. The molecule has 2 nitrogen and oxygen atoms in total. The molecule has 1 aliphatic carbocycles. The molecule has 1 aliphatic rings. The zero-order valence-corrected chi connectivity index (χ0v) is 12.3. The van der Waals surface area contributed by atoms with Crippen molar-refractivity contribution in [3.05, 3.63) is 34.9 Å². The van der Waals surface area contributed by atoms with Crippen molar-refractivity contribution in [2.45, 2.75) is 38.6 Å². The van der Waals surface area contributed by atoms with Crippen LogP contribution in [0.2, 0.25) is 5.02 Å². The number of halogens is 1. The lowest BCUT2D eigenvalue weighted by atomic mass is 9.86. The van der Waals surface area contributed by atoms with Crippen molar-refractivity contribution in [2.75, 3.05) is 13.6 Å². The summed E-state index contributed by atoms with van der Waals surface area (Å²) in [6.45, 7) is 1.36. The number of likely N-dealkylation sites (N-methyl/N-ethyl adjacent to an activating group) is 1. The molecule has 0 aliphatic heterocycles. The fourth-order valence-corrected chi connectivity index (χ4v) is 2.90. The largest absolute Gasteiger partial charge is 0.298 e. The summed E-state index contributed by atoms with van der Waals surface area (Å²) >= 11 is 5.87. The van der Waals surface area contributed by atoms with Crippen LogP contribution in [0.5, 0.6) is 0 Å². The summed E-state index contributed by atoms with van der Waals surface area (Å²) in [6.07, 6.45) is 5.92. The molecule has 0 heterocycles. The zero-order chi connectivity index (χ0) is 13.7. The first-order valence-corrected chi connectivity index (χ1v) is 7.48. The maximum atomic E-state index is 12.2. The molecule has 0 saturated heterocycles. The van der Waals surface area contributed by atoms with Crippen molar-refractivity contribution in [2.24, 2.45) is 5.92 Å². The predicted molar refractivity (Wildman–Crippen MR) is 79.4 cm³/mol. The molecule has 0 aromatic heterocycles. The van der Waals surface area contributed by atoms with Gasteiger partial charge in [-0.15, -0.1) is 0 Å². The standard InChI is InChI=1S/C16H22ClNO/c1-18(11-13-7-9-15(17)10-8-13)12-16(19)14-5-3-2-4-6-14/h7-10,14H,2-6,11-12H2,1H3. The van der Waals surface area contributed by atoms with Crippen LogP contribution in [0.3, 0.4) is 0 Å². The molecule has 3 heteroatoms. The van der Waals surface area contributed by atoms with Crippen LogP contribution in [0.4, 0.5) is 0 Å². The molecule has 0 atom stereocenters. The summed E-state index contributed by atoms with van der Waals surface area (Å²) in [4.78, 5) is 14.3. The van der Waals surface area contributed by atoms with Gasteiger partial charge in [0.1, 0.15) is 5.78 Å². The van der Waals surface area contributed by atoms with Gasteiger partial charge in [-0.25, -0.2) is 0 Å². The third-order valence-corrected chi connectivity index (χ3v) is 4.10. The van der Waals surface area contributed by atoms with Gasteiger partial charge in [0.25, 0.3) is 0 Å². The average molecular weight is 280 g/mol. The zero-order valence-electron chi connectivity index (χ0n) is 11.6. The summed E-state index contributed by atoms with van der Waals surface area (Å²) in [7, 11) is 2.01. The van der Waals surface area contributed by atoms with Crippen LogP contribution >= 0.6 is 11.6 Å². The topological polar surface area (TPSA) is 20.3 Å². The molecule has 2 rings (SSSR count). The normalized spacial score (nSPS) is 16.8. The molecule has 0 unspecified atom stereocenters. The van der Waals surface area contributed by atoms with E-state index >= 15 is 0 Å². The van der Waals surface area contributed by atoms with Crippen molar-refractivity contribution >= 4 is 17.4 Å². The van der Waals surface area contributed by atoms with Crippen LogP contribution in [0.1, 0.15) is 37.7 Å². The first kappa shape index (κ1) is 14.5. The van der Waals surface area contributed by atoms with Gasteiger partial charge in [-0.2, -0.15) is 0 Å². The van der Waals surface area contributed by atoms with E-state index in [9.17, 15) is 4.79 Å². The van der Waals surface area contributed by atoms with E-state index in [1.807, 2.05) is 31.3 Å². The Morgan fingerprint density at radius 3 is 2.47 bits per heavy atom. The van der Waals surface area contributed by atoms with Crippen molar-refractivity contribution in [1.82, 2.24) is 4.90 Å². The first-order chi connectivity index (χ1) is 9.15. The van der Waals surface area contributed by atoms with E-state index in [4.69, 9.17) is 11.6 Å². The number of hydrogen-bond donors (Lipinski definition) is 0. The number of ketones is 1. The molecule has 0 spiro atoms. The molecule has 0 radical (unpaired) electrons. The minimum atomic E-state index is 0.307. The van der Waals surface area contributed by atoms with Gasteiger partial charge >= 0.3 is 0 Å². The van der Waals surface area contributed by atoms with Crippen LogP contribution in [0, 0.1) is 5.92 Å². The van der Waals surface area contributed by atoms with Crippen LogP contribution in [-0.4, -0.2) is 24.3 Å². The second-order valence-corrected chi connectivity index (χ2v) is 6.04. The molecule has 0 amide bonds. The summed E-state index contributed by atoms with van der Waals surface area (Å²) in [5.41, 5.74) is 1.20. The SMILES string of the molecule is CN(CC(=O)C1CCCCC1)Cc1ccc(Cl)cc1. The lowest BCUT2D eigenvalue weighted by Gasteiger charge is -2.23. The summed E-state index contributed by atoms with van der Waals surface area (Å²) in [6, 6.07) is 7.83. The molecule has 1 aromatic rings. The van der Waals surface area contributed by atoms with Crippen molar-refractivity contribution < 1.29 is 4.79 Å². The van der Waals surface area contributed by atoms with E-state index in [-0.39, 0.29) is 0 Å².